The SMILES string of the molecule is CCCN(CCC)C(=O)c1cc(C=O)cc(C(N)=O)c1. The molecule has 0 fully saturated rings. The number of amides is 2. The van der Waals surface area contributed by atoms with E-state index in [1.807, 2.05) is 13.8 Å². The summed E-state index contributed by atoms with van der Waals surface area (Å²) in [6, 6.07) is 4.31. The molecule has 0 aliphatic heterocycles. The fraction of sp³-hybridized carbons (Fsp3) is 0.400. The van der Waals surface area contributed by atoms with Gasteiger partial charge in [-0.05, 0) is 31.0 Å². The number of nitrogens with two attached hydrogens (primary N) is 1. The number of primary amides is 1. The van der Waals surface area contributed by atoms with E-state index in [-0.39, 0.29) is 17.0 Å². The number of hydrogen-bond donors (Lipinski definition) is 1. The average Bonchev–Trinajstić information content (AvgIpc) is 2.45. The van der Waals surface area contributed by atoms with E-state index in [9.17, 15) is 14.4 Å². The van der Waals surface area contributed by atoms with Crippen LogP contribution in [0.2, 0.25) is 0 Å². The Bertz CT molecular complexity index is 506. The minimum atomic E-state index is -0.653. The van der Waals surface area contributed by atoms with Crippen LogP contribution in [-0.4, -0.2) is 36.1 Å². The van der Waals surface area contributed by atoms with Crippen molar-refractivity contribution in [1.82, 2.24) is 4.90 Å². The Morgan fingerprint density at radius 3 is 2.10 bits per heavy atom. The number of nitrogens with zero attached hydrogens (tertiary/aromatic N) is 1. The third-order valence-electron chi connectivity index (χ3n) is 2.90. The Kier molecular flexibility index (Phi) is 5.90. The van der Waals surface area contributed by atoms with E-state index in [0.29, 0.717) is 24.9 Å². The van der Waals surface area contributed by atoms with Crippen molar-refractivity contribution in [1.29, 1.82) is 0 Å². The molecule has 2 N–H and O–H groups in total. The van der Waals surface area contributed by atoms with Gasteiger partial charge in [0.25, 0.3) is 5.91 Å². The maximum absolute atomic E-state index is 12.4. The Labute approximate surface area is 118 Å². The van der Waals surface area contributed by atoms with Crippen molar-refractivity contribution >= 4 is 18.1 Å². The fourth-order valence-corrected chi connectivity index (χ4v) is 2.02. The molecule has 0 aromatic heterocycles. The van der Waals surface area contributed by atoms with Gasteiger partial charge in [0.2, 0.25) is 5.91 Å². The molecule has 5 heteroatoms. The molecule has 0 bridgehead atoms. The lowest BCUT2D eigenvalue weighted by Crippen LogP contribution is -2.32. The second kappa shape index (κ2) is 7.43. The molecule has 1 aromatic rings. The zero-order chi connectivity index (χ0) is 15.1. The van der Waals surface area contributed by atoms with E-state index >= 15 is 0 Å². The number of hydrogen-bond acceptors (Lipinski definition) is 3. The van der Waals surface area contributed by atoms with Crippen LogP contribution in [0.15, 0.2) is 18.2 Å². The van der Waals surface area contributed by atoms with Gasteiger partial charge in [-0.2, -0.15) is 0 Å². The van der Waals surface area contributed by atoms with Gasteiger partial charge in [-0.1, -0.05) is 13.8 Å². The van der Waals surface area contributed by atoms with Gasteiger partial charge in [0, 0.05) is 29.8 Å². The van der Waals surface area contributed by atoms with Crippen LogP contribution in [0.5, 0.6) is 0 Å². The lowest BCUT2D eigenvalue weighted by Gasteiger charge is -2.21. The van der Waals surface area contributed by atoms with E-state index in [4.69, 9.17) is 5.73 Å². The number of carbonyl (C=O) groups is 3. The quantitative estimate of drug-likeness (QED) is 0.772. The zero-order valence-corrected chi connectivity index (χ0v) is 11.9. The summed E-state index contributed by atoms with van der Waals surface area (Å²) >= 11 is 0. The molecule has 0 unspecified atom stereocenters. The van der Waals surface area contributed by atoms with Crippen molar-refractivity contribution in [2.75, 3.05) is 13.1 Å². The lowest BCUT2D eigenvalue weighted by atomic mass is 10.0. The molecule has 0 atom stereocenters. The van der Waals surface area contributed by atoms with Crippen molar-refractivity contribution in [3.63, 3.8) is 0 Å². The maximum Gasteiger partial charge on any atom is 0.253 e. The Hall–Kier alpha value is -2.17. The van der Waals surface area contributed by atoms with Crippen LogP contribution in [0.25, 0.3) is 0 Å². The molecule has 0 aliphatic rings. The highest BCUT2D eigenvalue weighted by molar-refractivity contribution is 6.01. The van der Waals surface area contributed by atoms with Crippen LogP contribution in [0.1, 0.15) is 57.8 Å². The lowest BCUT2D eigenvalue weighted by molar-refractivity contribution is 0.0755. The molecule has 0 saturated heterocycles. The summed E-state index contributed by atoms with van der Waals surface area (Å²) in [5.74, 6) is -0.833. The van der Waals surface area contributed by atoms with Crippen molar-refractivity contribution in [2.24, 2.45) is 5.73 Å². The van der Waals surface area contributed by atoms with Crippen LogP contribution in [-0.2, 0) is 0 Å². The third kappa shape index (κ3) is 3.91. The molecular weight excluding hydrogens is 256 g/mol. The van der Waals surface area contributed by atoms with E-state index in [1.165, 1.54) is 18.2 Å². The normalized spacial score (nSPS) is 10.1. The van der Waals surface area contributed by atoms with Gasteiger partial charge in [0.15, 0.2) is 0 Å². The summed E-state index contributed by atoms with van der Waals surface area (Å²) in [7, 11) is 0. The van der Waals surface area contributed by atoms with Crippen molar-refractivity contribution in [2.45, 2.75) is 26.7 Å². The summed E-state index contributed by atoms with van der Waals surface area (Å²) < 4.78 is 0. The number of rotatable bonds is 7. The smallest absolute Gasteiger partial charge is 0.253 e. The van der Waals surface area contributed by atoms with Gasteiger partial charge >= 0.3 is 0 Å². The number of carbonyl (C=O) groups excluding carboxylic acids is 3. The summed E-state index contributed by atoms with van der Waals surface area (Å²) in [6.45, 7) is 5.27. The van der Waals surface area contributed by atoms with Gasteiger partial charge in [-0.15, -0.1) is 0 Å². The highest BCUT2D eigenvalue weighted by atomic mass is 16.2. The van der Waals surface area contributed by atoms with E-state index < -0.39 is 5.91 Å². The topological polar surface area (TPSA) is 80.5 Å². The van der Waals surface area contributed by atoms with Crippen LogP contribution in [0, 0.1) is 0 Å². The van der Waals surface area contributed by atoms with Gasteiger partial charge in [-0.3, -0.25) is 14.4 Å². The number of aldehydes is 1. The monoisotopic (exact) mass is 276 g/mol. The predicted octanol–water partition coefficient (Wildman–Crippen LogP) is 1.86. The molecule has 1 rings (SSSR count). The van der Waals surface area contributed by atoms with Gasteiger partial charge < -0.3 is 10.6 Å². The van der Waals surface area contributed by atoms with Crippen LogP contribution < -0.4 is 5.73 Å². The first-order valence-corrected chi connectivity index (χ1v) is 6.72. The minimum Gasteiger partial charge on any atom is -0.366 e. The second-order valence-electron chi connectivity index (χ2n) is 4.62. The molecule has 20 heavy (non-hydrogen) atoms. The van der Waals surface area contributed by atoms with Crippen molar-refractivity contribution < 1.29 is 14.4 Å². The van der Waals surface area contributed by atoms with Crippen LogP contribution >= 0.6 is 0 Å². The first kappa shape index (κ1) is 15.9. The standard InChI is InChI=1S/C15H20N2O3/c1-3-5-17(6-4-2)15(20)13-8-11(10-18)7-12(9-13)14(16)19/h7-10H,3-6H2,1-2H3,(H2,16,19). The van der Waals surface area contributed by atoms with E-state index in [1.54, 1.807) is 4.90 Å². The van der Waals surface area contributed by atoms with Crippen LogP contribution in [0.3, 0.4) is 0 Å². The highest BCUT2D eigenvalue weighted by Gasteiger charge is 2.16. The molecule has 5 nitrogen and oxygen atoms in total. The molecular formula is C15H20N2O3. The molecule has 0 heterocycles. The average molecular weight is 276 g/mol. The summed E-state index contributed by atoms with van der Waals surface area (Å²) in [4.78, 5) is 36.3. The molecule has 0 spiro atoms. The Morgan fingerprint density at radius 2 is 1.65 bits per heavy atom. The molecule has 1 aromatic carbocycles. The highest BCUT2D eigenvalue weighted by Crippen LogP contribution is 2.12. The van der Waals surface area contributed by atoms with E-state index in [0.717, 1.165) is 12.8 Å². The van der Waals surface area contributed by atoms with Crippen molar-refractivity contribution in [3.05, 3.63) is 34.9 Å². The Balaban J connectivity index is 3.15. The molecule has 0 radical (unpaired) electrons. The fourth-order valence-electron chi connectivity index (χ4n) is 2.02. The first-order chi connectivity index (χ1) is 9.53. The maximum atomic E-state index is 12.4. The molecule has 108 valence electrons. The summed E-state index contributed by atoms with van der Waals surface area (Å²) in [6.07, 6.45) is 2.30. The molecule has 2 amide bonds. The number of benzene rings is 1. The Morgan fingerprint density at radius 1 is 1.10 bits per heavy atom. The van der Waals surface area contributed by atoms with Gasteiger partial charge in [-0.25, -0.2) is 0 Å². The zero-order valence-electron chi connectivity index (χ0n) is 11.9. The van der Waals surface area contributed by atoms with Gasteiger partial charge in [0.05, 0.1) is 0 Å². The van der Waals surface area contributed by atoms with Crippen LogP contribution in [0.4, 0.5) is 0 Å². The predicted molar refractivity (Wildman–Crippen MR) is 76.8 cm³/mol. The van der Waals surface area contributed by atoms with Gasteiger partial charge in [0.1, 0.15) is 6.29 Å². The summed E-state index contributed by atoms with van der Waals surface area (Å²) in [5, 5.41) is 0. The molecule has 0 aliphatic carbocycles. The minimum absolute atomic E-state index is 0.172. The third-order valence-corrected chi connectivity index (χ3v) is 2.90. The van der Waals surface area contributed by atoms with Crippen molar-refractivity contribution in [3.8, 4) is 0 Å². The summed E-state index contributed by atoms with van der Waals surface area (Å²) in [5.41, 5.74) is 5.99. The largest absolute Gasteiger partial charge is 0.366 e. The molecule has 0 saturated carbocycles. The second-order valence-corrected chi connectivity index (χ2v) is 4.62. The first-order valence-electron chi connectivity index (χ1n) is 6.72. The van der Waals surface area contributed by atoms with E-state index in [2.05, 4.69) is 0 Å².